The minimum atomic E-state index is -1.20. The van der Waals surface area contributed by atoms with Crippen molar-refractivity contribution < 1.29 is 57.4 Å². The molecule has 0 fully saturated rings. The number of carbonyl (C=O) groups excluding carboxylic acids is 10. The molecule has 22 heteroatoms. The maximum Gasteiger partial charge on any atom is 0.328 e. The van der Waals surface area contributed by atoms with Crippen LogP contribution in [0.4, 0.5) is 0 Å². The molecule has 0 heterocycles. The van der Waals surface area contributed by atoms with Gasteiger partial charge in [0.15, 0.2) is 0 Å². The number of hydrogen-bond acceptors (Lipinski definition) is 15. The van der Waals surface area contributed by atoms with Crippen LogP contribution in [0.1, 0.15) is 90.2 Å². The van der Waals surface area contributed by atoms with Crippen molar-refractivity contribution >= 4 is 83.6 Å². The fraction of sp³-hybridized carbons (Fsp3) is 0.585. The van der Waals surface area contributed by atoms with Crippen LogP contribution in [0.3, 0.4) is 0 Å². The maximum absolute atomic E-state index is 14.1. The molecule has 0 bridgehead atoms. The maximum atomic E-state index is 14.1. The number of carbonyl (C=O) groups is 10. The number of benzene rings is 2. The minimum Gasteiger partial charge on any atom is -0.469 e. The first-order valence-electron chi connectivity index (χ1n) is 25.3. The Labute approximate surface area is 450 Å². The van der Waals surface area contributed by atoms with Crippen LogP contribution in [-0.4, -0.2) is 153 Å². The molecule has 8 N–H and O–H groups in total. The molecule has 0 aliphatic heterocycles. The summed E-state index contributed by atoms with van der Waals surface area (Å²) in [6.07, 6.45) is 6.42. The number of unbranched alkanes of at least 4 members (excludes halogenated alkanes) is 1. The minimum absolute atomic E-state index is 0.0293. The summed E-state index contributed by atoms with van der Waals surface area (Å²) in [6, 6.07) is 9.39. The molecule has 416 valence electrons. The van der Waals surface area contributed by atoms with E-state index < -0.39 is 102 Å². The van der Waals surface area contributed by atoms with E-state index in [1.165, 1.54) is 37.7 Å². The third-order valence-corrected chi connectivity index (χ3v) is 13.1. The molecule has 2 rings (SSSR count). The number of esters is 2. The third kappa shape index (κ3) is 25.9. The van der Waals surface area contributed by atoms with E-state index in [0.29, 0.717) is 61.0 Å². The van der Waals surface area contributed by atoms with Crippen molar-refractivity contribution in [3.05, 3.63) is 71.8 Å². The summed E-state index contributed by atoms with van der Waals surface area (Å²) in [5, 5.41) is 22.1. The monoisotopic (exact) mass is 1080 g/mol. The Hall–Kier alpha value is -6.00. The summed E-state index contributed by atoms with van der Waals surface area (Å²) in [5.74, 6) is -4.08. The lowest BCUT2D eigenvalue weighted by Crippen LogP contribution is -2.58. The highest BCUT2D eigenvalue weighted by Crippen LogP contribution is 2.13. The van der Waals surface area contributed by atoms with E-state index in [2.05, 4.69) is 42.5 Å². The van der Waals surface area contributed by atoms with E-state index in [9.17, 15) is 47.9 Å². The van der Waals surface area contributed by atoms with E-state index >= 15 is 0 Å². The highest BCUT2D eigenvalue weighted by atomic mass is 32.2. The summed E-state index contributed by atoms with van der Waals surface area (Å²) in [5.41, 5.74) is 1.41. The van der Waals surface area contributed by atoms with E-state index in [4.69, 9.17) is 9.47 Å². The highest BCUT2D eigenvalue weighted by molar-refractivity contribution is 7.98. The van der Waals surface area contributed by atoms with E-state index in [-0.39, 0.29) is 50.5 Å². The van der Waals surface area contributed by atoms with Gasteiger partial charge in [-0.1, -0.05) is 88.4 Å². The highest BCUT2D eigenvalue weighted by Gasteiger charge is 2.34. The standard InChI is InChI=1S/C53H80N8O12S2/c1-34(2)27-42(49(67)56-38(32-62)22-25-74-7)59-52(70)45(30-37-19-13-10-14-20-37)60-48(66)41(31-46(64)72-5)54-24-16-15-21-40(53(71)73-6)57-51(69)44(29-36-17-11-9-12-18-36)61-50(68)43(28-35(3)4)58-47(65)39(55-33-63)23-26-75-8/h9-14,17-20,32-35,38-45,54H,15-16,21-31H2,1-8H3,(H,55,63)(H,56,67)(H,57,69)(H,58,65)(H,59,70)(H,60,66)(H,61,68)/t38-,39-,40-,41-,42-,43-,44-,45-/m0/s1. The number of aldehydes is 1. The molecule has 8 atom stereocenters. The Bertz CT molecular complexity index is 2110. The van der Waals surface area contributed by atoms with Crippen molar-refractivity contribution in [2.24, 2.45) is 11.8 Å². The zero-order chi connectivity index (χ0) is 55.7. The quantitative estimate of drug-likeness (QED) is 0.0272. The van der Waals surface area contributed by atoms with Gasteiger partial charge >= 0.3 is 11.9 Å². The Morgan fingerprint density at radius 3 is 1.41 bits per heavy atom. The first-order valence-corrected chi connectivity index (χ1v) is 28.1. The predicted molar refractivity (Wildman–Crippen MR) is 290 cm³/mol. The molecule has 0 saturated heterocycles. The van der Waals surface area contributed by atoms with Crippen LogP contribution in [0.2, 0.25) is 0 Å². The van der Waals surface area contributed by atoms with Gasteiger partial charge in [0, 0.05) is 12.8 Å². The van der Waals surface area contributed by atoms with Crippen molar-refractivity contribution in [3.8, 4) is 0 Å². The summed E-state index contributed by atoms with van der Waals surface area (Å²) >= 11 is 3.02. The third-order valence-electron chi connectivity index (χ3n) is 11.9. The summed E-state index contributed by atoms with van der Waals surface area (Å²) < 4.78 is 9.94. The number of thioether (sulfide) groups is 2. The van der Waals surface area contributed by atoms with Crippen LogP contribution in [0.5, 0.6) is 0 Å². The van der Waals surface area contributed by atoms with Crippen LogP contribution in [0.25, 0.3) is 0 Å². The van der Waals surface area contributed by atoms with Crippen molar-refractivity contribution in [2.45, 2.75) is 140 Å². The van der Waals surface area contributed by atoms with Gasteiger partial charge < -0.3 is 56.8 Å². The van der Waals surface area contributed by atoms with Crippen LogP contribution >= 0.6 is 23.5 Å². The zero-order valence-corrected chi connectivity index (χ0v) is 46.2. The van der Waals surface area contributed by atoms with Gasteiger partial charge in [0.1, 0.15) is 42.5 Å². The van der Waals surface area contributed by atoms with Gasteiger partial charge in [-0.05, 0) is 98.5 Å². The van der Waals surface area contributed by atoms with Crippen LogP contribution in [-0.2, 0) is 70.3 Å². The number of methoxy groups -OCH3 is 2. The van der Waals surface area contributed by atoms with Gasteiger partial charge in [-0.3, -0.25) is 38.4 Å². The second kappa shape index (κ2) is 36.9. The number of ether oxygens (including phenoxy) is 2. The van der Waals surface area contributed by atoms with Gasteiger partial charge in [0.25, 0.3) is 0 Å². The van der Waals surface area contributed by atoms with Gasteiger partial charge in [-0.15, -0.1) is 0 Å². The molecule has 20 nitrogen and oxygen atoms in total. The zero-order valence-electron chi connectivity index (χ0n) is 44.6. The Morgan fingerprint density at radius 1 is 0.520 bits per heavy atom. The lowest BCUT2D eigenvalue weighted by atomic mass is 10.00. The van der Waals surface area contributed by atoms with Crippen molar-refractivity contribution in [1.29, 1.82) is 0 Å². The number of nitrogens with one attached hydrogen (secondary N) is 8. The summed E-state index contributed by atoms with van der Waals surface area (Å²) in [7, 11) is 2.35. The normalized spacial score (nSPS) is 14.3. The van der Waals surface area contributed by atoms with Crippen molar-refractivity contribution in [1.82, 2.24) is 42.5 Å². The second-order valence-electron chi connectivity index (χ2n) is 18.9. The van der Waals surface area contributed by atoms with E-state index in [1.54, 1.807) is 60.7 Å². The van der Waals surface area contributed by atoms with Crippen LogP contribution in [0, 0.1) is 11.8 Å². The number of hydrogen-bond donors (Lipinski definition) is 8. The number of amides is 7. The predicted octanol–water partition coefficient (Wildman–Crippen LogP) is 2.16. The molecule has 0 unspecified atom stereocenters. The molecule has 0 radical (unpaired) electrons. The van der Waals surface area contributed by atoms with Crippen molar-refractivity contribution in [3.63, 3.8) is 0 Å². The molecule has 7 amide bonds. The average molecular weight is 1090 g/mol. The molecular formula is C53H80N8O12S2. The molecule has 0 saturated carbocycles. The molecule has 0 spiro atoms. The topological polar surface area (TPSA) is 285 Å². The van der Waals surface area contributed by atoms with Gasteiger partial charge in [-0.2, -0.15) is 23.5 Å². The Kier molecular flexibility index (Phi) is 32.0. The molecule has 75 heavy (non-hydrogen) atoms. The molecule has 2 aromatic rings. The first kappa shape index (κ1) is 65.1. The summed E-state index contributed by atoms with van der Waals surface area (Å²) in [4.78, 5) is 132. The molecule has 0 aromatic heterocycles. The molecule has 0 aliphatic carbocycles. The lowest BCUT2D eigenvalue weighted by molar-refractivity contribution is -0.145. The van der Waals surface area contributed by atoms with Gasteiger partial charge in [0.2, 0.25) is 41.9 Å². The van der Waals surface area contributed by atoms with Crippen LogP contribution in [0.15, 0.2) is 60.7 Å². The largest absolute Gasteiger partial charge is 0.469 e. The smallest absolute Gasteiger partial charge is 0.328 e. The van der Waals surface area contributed by atoms with E-state index in [0.717, 1.165) is 0 Å². The van der Waals surface area contributed by atoms with Crippen LogP contribution < -0.4 is 42.5 Å². The first-order chi connectivity index (χ1) is 35.9. The van der Waals surface area contributed by atoms with E-state index in [1.807, 2.05) is 40.2 Å². The lowest BCUT2D eigenvalue weighted by Gasteiger charge is -2.27. The molecule has 2 aromatic carbocycles. The average Bonchev–Trinajstić information content (AvgIpc) is 3.39. The fourth-order valence-corrected chi connectivity index (χ4v) is 8.81. The SMILES string of the molecule is COC(=O)C[C@H](NCCCC[C@H](NC(=O)[C@H](Cc1ccccc1)NC(=O)[C@H](CC(C)C)NC(=O)[C@H](CCSC)NC=O)C(=O)OC)C(=O)N[C@@H](Cc1ccccc1)C(=O)N[C@@H](CC(C)C)C(=O)N[C@H](C=O)CCSC. The van der Waals surface area contributed by atoms with Gasteiger partial charge in [-0.25, -0.2) is 4.79 Å². The Morgan fingerprint density at radius 2 is 0.960 bits per heavy atom. The number of rotatable bonds is 38. The Balaban J connectivity index is 2.28. The van der Waals surface area contributed by atoms with Gasteiger partial charge in [0.05, 0.1) is 32.7 Å². The summed E-state index contributed by atoms with van der Waals surface area (Å²) in [6.45, 7) is 7.65. The molecular weight excluding hydrogens is 1000 g/mol. The molecule has 0 aliphatic rings. The fourth-order valence-electron chi connectivity index (χ4n) is 7.84. The second-order valence-corrected chi connectivity index (χ2v) is 20.9. The van der Waals surface area contributed by atoms with Crippen molar-refractivity contribution in [2.75, 3.05) is 44.8 Å².